The van der Waals surface area contributed by atoms with Gasteiger partial charge in [0.2, 0.25) is 5.91 Å². The lowest BCUT2D eigenvalue weighted by atomic mass is 10.1. The van der Waals surface area contributed by atoms with Gasteiger partial charge in [-0.05, 0) is 13.3 Å². The van der Waals surface area contributed by atoms with E-state index in [0.29, 0.717) is 13.0 Å². The maximum atomic E-state index is 11.5. The topological polar surface area (TPSA) is 119 Å². The zero-order valence-electron chi connectivity index (χ0n) is 8.93. The summed E-state index contributed by atoms with van der Waals surface area (Å²) in [6.45, 7) is 1.08. The molecule has 0 aromatic carbocycles. The summed E-state index contributed by atoms with van der Waals surface area (Å²) in [6, 6.07) is -0.528. The minimum Gasteiger partial charge on any atom is -0.479 e. The molecule has 0 aromatic heterocycles. The van der Waals surface area contributed by atoms with Crippen LogP contribution in [0.2, 0.25) is 0 Å². The van der Waals surface area contributed by atoms with E-state index in [0.717, 1.165) is 6.92 Å². The van der Waals surface area contributed by atoms with Crippen molar-refractivity contribution in [2.24, 2.45) is 0 Å². The molecule has 5 N–H and O–H groups in total. The van der Waals surface area contributed by atoms with E-state index in [9.17, 15) is 19.8 Å². The smallest absolute Gasteiger partial charge is 0.337 e. The Morgan fingerprint density at radius 1 is 1.56 bits per heavy atom. The number of nitrogens with one attached hydrogen (secondary N) is 2. The van der Waals surface area contributed by atoms with Gasteiger partial charge in [0.05, 0.1) is 18.7 Å². The number of carbonyl (C=O) groups excluding carboxylic acids is 1. The van der Waals surface area contributed by atoms with Gasteiger partial charge in [-0.25, -0.2) is 4.79 Å². The Hall–Kier alpha value is -1.18. The molecule has 92 valence electrons. The Morgan fingerprint density at radius 3 is 2.62 bits per heavy atom. The third-order valence-corrected chi connectivity index (χ3v) is 2.49. The largest absolute Gasteiger partial charge is 0.479 e. The zero-order valence-corrected chi connectivity index (χ0v) is 8.93. The Bertz CT molecular complexity index is 292. The number of aliphatic hydroxyl groups excluding tert-OH is 1. The third-order valence-electron chi connectivity index (χ3n) is 2.49. The molecule has 16 heavy (non-hydrogen) atoms. The fraction of sp³-hybridized carbons (Fsp3) is 0.778. The van der Waals surface area contributed by atoms with Crippen molar-refractivity contribution < 1.29 is 24.9 Å². The molecular weight excluding hydrogens is 216 g/mol. The lowest BCUT2D eigenvalue weighted by Gasteiger charge is -2.19. The van der Waals surface area contributed by atoms with Crippen LogP contribution in [0, 0.1) is 0 Å². The molecule has 1 fully saturated rings. The Balaban J connectivity index is 2.38. The molecule has 3 unspecified atom stereocenters. The Morgan fingerprint density at radius 2 is 2.19 bits per heavy atom. The fourth-order valence-corrected chi connectivity index (χ4v) is 1.37. The molecule has 0 aromatic rings. The van der Waals surface area contributed by atoms with E-state index in [1.54, 1.807) is 0 Å². The van der Waals surface area contributed by atoms with Crippen molar-refractivity contribution in [2.45, 2.75) is 31.1 Å². The molecule has 0 radical (unpaired) electrons. The predicted octanol–water partition coefficient (Wildman–Crippen LogP) is -2.34. The SMILES string of the molecule is CC(O)(CNC(=O)C1CC(O)CN1)C(=O)O. The number of hydrogen-bond donors (Lipinski definition) is 5. The number of carbonyl (C=O) groups is 2. The van der Waals surface area contributed by atoms with E-state index >= 15 is 0 Å². The van der Waals surface area contributed by atoms with Crippen LogP contribution >= 0.6 is 0 Å². The average Bonchev–Trinajstić information content (AvgIpc) is 2.61. The molecule has 0 spiro atoms. The number of carboxylic acid groups (broad SMARTS) is 1. The highest BCUT2D eigenvalue weighted by Gasteiger charge is 2.33. The molecule has 1 aliphatic heterocycles. The number of β-amino-alcohol motifs (C(OH)–C–C–N with tert-alkyl or cyclic N) is 1. The molecule has 1 rings (SSSR count). The van der Waals surface area contributed by atoms with E-state index in [-0.39, 0.29) is 6.54 Å². The highest BCUT2D eigenvalue weighted by molar-refractivity contribution is 5.83. The van der Waals surface area contributed by atoms with Crippen molar-refractivity contribution in [3.8, 4) is 0 Å². The number of aliphatic carboxylic acids is 1. The molecule has 7 heteroatoms. The normalized spacial score (nSPS) is 28.4. The molecule has 0 saturated carbocycles. The monoisotopic (exact) mass is 232 g/mol. The molecular formula is C9H16N2O5. The van der Waals surface area contributed by atoms with Gasteiger partial charge >= 0.3 is 5.97 Å². The number of amides is 1. The van der Waals surface area contributed by atoms with Gasteiger partial charge in [-0.1, -0.05) is 0 Å². The quantitative estimate of drug-likeness (QED) is 0.370. The van der Waals surface area contributed by atoms with E-state index < -0.39 is 29.6 Å². The summed E-state index contributed by atoms with van der Waals surface area (Å²) in [4.78, 5) is 22.0. The van der Waals surface area contributed by atoms with E-state index in [4.69, 9.17) is 5.11 Å². The van der Waals surface area contributed by atoms with Gasteiger partial charge in [-0.3, -0.25) is 4.79 Å². The molecule has 0 bridgehead atoms. The summed E-state index contributed by atoms with van der Waals surface area (Å²) in [6.07, 6.45) is -0.267. The summed E-state index contributed by atoms with van der Waals surface area (Å²) in [5, 5.41) is 32.2. The first-order chi connectivity index (χ1) is 7.33. The van der Waals surface area contributed by atoms with Crippen LogP contribution in [0.3, 0.4) is 0 Å². The van der Waals surface area contributed by atoms with Crippen LogP contribution in [0.15, 0.2) is 0 Å². The number of carboxylic acids is 1. The highest BCUT2D eigenvalue weighted by Crippen LogP contribution is 2.07. The third kappa shape index (κ3) is 3.16. The van der Waals surface area contributed by atoms with Gasteiger partial charge < -0.3 is 26.0 Å². The summed E-state index contributed by atoms with van der Waals surface area (Å²) < 4.78 is 0. The molecule has 1 saturated heterocycles. The molecule has 3 atom stereocenters. The van der Waals surface area contributed by atoms with E-state index in [1.165, 1.54) is 0 Å². The number of rotatable bonds is 4. The maximum Gasteiger partial charge on any atom is 0.337 e. The number of aliphatic hydroxyl groups is 2. The number of hydrogen-bond acceptors (Lipinski definition) is 5. The lowest BCUT2D eigenvalue weighted by Crippen LogP contribution is -2.50. The van der Waals surface area contributed by atoms with Crippen LogP contribution in [-0.4, -0.2) is 58.0 Å². The second-order valence-corrected chi connectivity index (χ2v) is 4.15. The van der Waals surface area contributed by atoms with Crippen molar-refractivity contribution in [3.05, 3.63) is 0 Å². The maximum absolute atomic E-state index is 11.5. The first kappa shape index (κ1) is 12.9. The van der Waals surface area contributed by atoms with Crippen LogP contribution in [-0.2, 0) is 9.59 Å². The molecule has 1 heterocycles. The van der Waals surface area contributed by atoms with E-state index in [1.807, 2.05) is 0 Å². The van der Waals surface area contributed by atoms with E-state index in [2.05, 4.69) is 10.6 Å². The molecule has 7 nitrogen and oxygen atoms in total. The van der Waals surface area contributed by atoms with Crippen molar-refractivity contribution in [3.63, 3.8) is 0 Å². The van der Waals surface area contributed by atoms with Crippen LogP contribution in [0.25, 0.3) is 0 Å². The minimum atomic E-state index is -1.98. The summed E-state index contributed by atoms with van der Waals surface area (Å²) in [7, 11) is 0. The lowest BCUT2D eigenvalue weighted by molar-refractivity contribution is -0.156. The highest BCUT2D eigenvalue weighted by atomic mass is 16.4. The zero-order chi connectivity index (χ0) is 12.3. The van der Waals surface area contributed by atoms with Crippen molar-refractivity contribution in [2.75, 3.05) is 13.1 Å². The van der Waals surface area contributed by atoms with Crippen LogP contribution in [0.1, 0.15) is 13.3 Å². The molecule has 1 amide bonds. The van der Waals surface area contributed by atoms with Gasteiger partial charge in [0.25, 0.3) is 0 Å². The summed E-state index contributed by atoms with van der Waals surface area (Å²) in [5.74, 6) is -1.81. The fourth-order valence-electron chi connectivity index (χ4n) is 1.37. The van der Waals surface area contributed by atoms with Crippen LogP contribution in [0.5, 0.6) is 0 Å². The first-order valence-corrected chi connectivity index (χ1v) is 4.98. The van der Waals surface area contributed by atoms with Gasteiger partial charge in [0.15, 0.2) is 5.60 Å². The first-order valence-electron chi connectivity index (χ1n) is 4.98. The van der Waals surface area contributed by atoms with Gasteiger partial charge in [0, 0.05) is 6.54 Å². The van der Waals surface area contributed by atoms with Gasteiger partial charge in [-0.2, -0.15) is 0 Å². The second-order valence-electron chi connectivity index (χ2n) is 4.15. The standard InChI is InChI=1S/C9H16N2O5/c1-9(16,8(14)15)4-11-7(13)6-2-5(12)3-10-6/h5-6,10,12,16H,2-4H2,1H3,(H,11,13)(H,14,15). The summed E-state index contributed by atoms with van der Waals surface area (Å²) >= 11 is 0. The second kappa shape index (κ2) is 4.77. The van der Waals surface area contributed by atoms with Gasteiger partial charge in [0.1, 0.15) is 0 Å². The average molecular weight is 232 g/mol. The van der Waals surface area contributed by atoms with Crippen molar-refractivity contribution in [1.82, 2.24) is 10.6 Å². The van der Waals surface area contributed by atoms with Crippen molar-refractivity contribution in [1.29, 1.82) is 0 Å². The predicted molar refractivity (Wildman–Crippen MR) is 53.7 cm³/mol. The minimum absolute atomic E-state index is 0.293. The molecule has 0 aliphatic carbocycles. The Labute approximate surface area is 92.5 Å². The van der Waals surface area contributed by atoms with Crippen LogP contribution < -0.4 is 10.6 Å². The molecule has 1 aliphatic rings. The van der Waals surface area contributed by atoms with Crippen molar-refractivity contribution >= 4 is 11.9 Å². The van der Waals surface area contributed by atoms with Gasteiger partial charge in [-0.15, -0.1) is 0 Å². The van der Waals surface area contributed by atoms with Crippen LogP contribution in [0.4, 0.5) is 0 Å². The Kier molecular flexibility index (Phi) is 3.84. The summed E-state index contributed by atoms with van der Waals surface area (Å²) in [5.41, 5.74) is -1.98.